The number of thiazole rings is 1. The van der Waals surface area contributed by atoms with Crippen molar-refractivity contribution in [2.45, 2.75) is 6.92 Å². The predicted octanol–water partition coefficient (Wildman–Crippen LogP) is 3.21. The van der Waals surface area contributed by atoms with Crippen LogP contribution in [-0.4, -0.2) is 43.7 Å². The van der Waals surface area contributed by atoms with Gasteiger partial charge in [0.1, 0.15) is 11.2 Å². The van der Waals surface area contributed by atoms with Crippen molar-refractivity contribution in [3.8, 4) is 16.9 Å². The smallest absolute Gasteiger partial charge is 0.350 e. The monoisotopic (exact) mass is 420 g/mol. The molecule has 4 aromatic rings. The Bertz CT molecular complexity index is 1170. The van der Waals surface area contributed by atoms with Gasteiger partial charge in [0.2, 0.25) is 0 Å². The number of amides is 1. The van der Waals surface area contributed by atoms with Crippen LogP contribution in [0.4, 0.5) is 5.13 Å². The topological polar surface area (TPSA) is 112 Å². The molecule has 0 bridgehead atoms. The zero-order valence-corrected chi connectivity index (χ0v) is 16.7. The molecule has 1 amide bonds. The first-order valence-corrected chi connectivity index (χ1v) is 9.85. The van der Waals surface area contributed by atoms with E-state index in [1.165, 1.54) is 11.0 Å². The van der Waals surface area contributed by atoms with Gasteiger partial charge in [-0.1, -0.05) is 47.7 Å². The number of hydrogen-bond donors (Lipinski definition) is 1. The van der Waals surface area contributed by atoms with Crippen LogP contribution in [0.2, 0.25) is 0 Å². The highest BCUT2D eigenvalue weighted by Gasteiger charge is 2.22. The summed E-state index contributed by atoms with van der Waals surface area (Å²) >= 11 is 1.07. The van der Waals surface area contributed by atoms with Crippen LogP contribution in [0.5, 0.6) is 0 Å². The van der Waals surface area contributed by atoms with E-state index in [1.807, 2.05) is 30.3 Å². The number of ether oxygens (including phenoxy) is 1. The van der Waals surface area contributed by atoms with E-state index < -0.39 is 5.97 Å². The number of nitrogens with one attached hydrogen (secondary N) is 1. The summed E-state index contributed by atoms with van der Waals surface area (Å²) in [5.41, 5.74) is 2.27. The molecule has 0 saturated carbocycles. The normalized spacial score (nSPS) is 10.6. The van der Waals surface area contributed by atoms with E-state index in [2.05, 4.69) is 25.8 Å². The van der Waals surface area contributed by atoms with Gasteiger partial charge < -0.3 is 4.74 Å². The van der Waals surface area contributed by atoms with Crippen molar-refractivity contribution in [2.75, 3.05) is 11.9 Å². The molecular formula is C20H16N6O3S. The first-order valence-electron chi connectivity index (χ1n) is 9.04. The van der Waals surface area contributed by atoms with Crippen molar-refractivity contribution in [3.05, 3.63) is 71.4 Å². The van der Waals surface area contributed by atoms with E-state index in [4.69, 9.17) is 4.74 Å². The molecule has 2 aromatic heterocycles. The lowest BCUT2D eigenvalue weighted by molar-refractivity contribution is 0.0532. The van der Waals surface area contributed by atoms with Gasteiger partial charge in [-0.05, 0) is 35.5 Å². The summed E-state index contributed by atoms with van der Waals surface area (Å²) in [5.74, 6) is -0.844. The molecule has 0 spiro atoms. The van der Waals surface area contributed by atoms with Gasteiger partial charge in [-0.15, -0.1) is 5.10 Å². The molecule has 30 heavy (non-hydrogen) atoms. The van der Waals surface area contributed by atoms with Crippen LogP contribution in [0, 0.1) is 0 Å². The number of hydrogen-bond acceptors (Lipinski definition) is 8. The van der Waals surface area contributed by atoms with E-state index in [9.17, 15) is 9.59 Å². The van der Waals surface area contributed by atoms with E-state index in [0.717, 1.165) is 16.9 Å². The maximum Gasteiger partial charge on any atom is 0.350 e. The molecule has 0 fully saturated rings. The van der Waals surface area contributed by atoms with Gasteiger partial charge in [-0.3, -0.25) is 10.1 Å². The van der Waals surface area contributed by atoms with E-state index in [1.54, 1.807) is 31.2 Å². The van der Waals surface area contributed by atoms with Gasteiger partial charge in [0.05, 0.1) is 18.0 Å². The molecule has 0 aliphatic heterocycles. The largest absolute Gasteiger partial charge is 0.462 e. The van der Waals surface area contributed by atoms with Crippen LogP contribution < -0.4 is 5.32 Å². The van der Waals surface area contributed by atoms with Crippen molar-refractivity contribution >= 4 is 28.3 Å². The molecule has 2 aromatic carbocycles. The fourth-order valence-corrected chi connectivity index (χ4v) is 3.62. The zero-order valence-electron chi connectivity index (χ0n) is 15.8. The molecule has 0 radical (unpaired) electrons. The van der Waals surface area contributed by atoms with Crippen molar-refractivity contribution < 1.29 is 14.3 Å². The van der Waals surface area contributed by atoms with Crippen LogP contribution in [0.1, 0.15) is 27.0 Å². The number of carbonyl (C=O) groups excluding carboxylic acids is 2. The first-order chi connectivity index (χ1) is 14.7. The molecular weight excluding hydrogens is 404 g/mol. The highest BCUT2D eigenvalue weighted by molar-refractivity contribution is 7.18. The summed E-state index contributed by atoms with van der Waals surface area (Å²) in [6, 6.07) is 16.1. The number of rotatable bonds is 6. The standard InChI is InChI=1S/C20H16N6O3S/c1-2-29-19(28)17-16(13-7-4-3-5-8-13)22-20(30-17)23-18(27)14-9-6-10-15(11-14)26-12-21-24-25-26/h3-12H,2H2,1H3,(H,22,23,27). The number of tetrazole rings is 1. The summed E-state index contributed by atoms with van der Waals surface area (Å²) in [6.45, 7) is 1.98. The maximum atomic E-state index is 12.8. The van der Waals surface area contributed by atoms with E-state index in [0.29, 0.717) is 27.0 Å². The van der Waals surface area contributed by atoms with Crippen LogP contribution in [0.25, 0.3) is 16.9 Å². The molecule has 0 aliphatic carbocycles. The number of aromatic nitrogens is 5. The SMILES string of the molecule is CCOC(=O)c1sc(NC(=O)c2cccc(-n3cnnn3)c2)nc1-c1ccccc1. The Labute approximate surface area is 175 Å². The van der Waals surface area contributed by atoms with Crippen molar-refractivity contribution in [2.24, 2.45) is 0 Å². The Kier molecular flexibility index (Phi) is 5.57. The lowest BCUT2D eigenvalue weighted by Crippen LogP contribution is -2.12. The van der Waals surface area contributed by atoms with Gasteiger partial charge in [-0.25, -0.2) is 14.5 Å². The van der Waals surface area contributed by atoms with Gasteiger partial charge >= 0.3 is 5.97 Å². The fourth-order valence-electron chi connectivity index (χ4n) is 2.74. The van der Waals surface area contributed by atoms with Gasteiger partial charge in [-0.2, -0.15) is 0 Å². The van der Waals surface area contributed by atoms with Crippen LogP contribution >= 0.6 is 11.3 Å². The number of anilines is 1. The highest BCUT2D eigenvalue weighted by atomic mass is 32.1. The molecule has 2 heterocycles. The predicted molar refractivity (Wildman–Crippen MR) is 111 cm³/mol. The molecule has 0 saturated heterocycles. The van der Waals surface area contributed by atoms with Crippen molar-refractivity contribution in [1.82, 2.24) is 25.2 Å². The first kappa shape index (κ1) is 19.4. The lowest BCUT2D eigenvalue weighted by Gasteiger charge is -2.04. The average molecular weight is 420 g/mol. The van der Waals surface area contributed by atoms with E-state index in [-0.39, 0.29) is 12.5 Å². The molecule has 1 N–H and O–H groups in total. The Morgan fingerprint density at radius 3 is 2.70 bits per heavy atom. The number of nitrogens with zero attached hydrogens (tertiary/aromatic N) is 5. The molecule has 10 heteroatoms. The highest BCUT2D eigenvalue weighted by Crippen LogP contribution is 2.32. The van der Waals surface area contributed by atoms with Crippen molar-refractivity contribution in [3.63, 3.8) is 0 Å². The number of esters is 1. The zero-order chi connectivity index (χ0) is 20.9. The van der Waals surface area contributed by atoms with Crippen molar-refractivity contribution in [1.29, 1.82) is 0 Å². The lowest BCUT2D eigenvalue weighted by atomic mass is 10.1. The van der Waals surface area contributed by atoms with E-state index >= 15 is 0 Å². The molecule has 150 valence electrons. The summed E-state index contributed by atoms with van der Waals surface area (Å²) in [5, 5.41) is 14.1. The minimum atomic E-state index is -0.477. The second-order valence-corrected chi connectivity index (χ2v) is 7.04. The average Bonchev–Trinajstić information content (AvgIpc) is 3.45. The maximum absolute atomic E-state index is 12.8. The minimum Gasteiger partial charge on any atom is -0.462 e. The minimum absolute atomic E-state index is 0.247. The quantitative estimate of drug-likeness (QED) is 0.477. The molecule has 9 nitrogen and oxygen atoms in total. The summed E-state index contributed by atoms with van der Waals surface area (Å²) in [4.78, 5) is 30.0. The molecule has 0 atom stereocenters. The number of carbonyl (C=O) groups is 2. The Balaban J connectivity index is 1.62. The third-order valence-electron chi connectivity index (χ3n) is 4.08. The summed E-state index contributed by atoms with van der Waals surface area (Å²) in [6.07, 6.45) is 1.44. The third-order valence-corrected chi connectivity index (χ3v) is 5.03. The number of benzene rings is 2. The Morgan fingerprint density at radius 2 is 1.97 bits per heavy atom. The second kappa shape index (κ2) is 8.62. The molecule has 0 unspecified atom stereocenters. The van der Waals surface area contributed by atoms with Gasteiger partial charge in [0.25, 0.3) is 5.91 Å². The van der Waals surface area contributed by atoms with Crippen LogP contribution in [0.15, 0.2) is 60.9 Å². The molecule has 4 rings (SSSR count). The van der Waals surface area contributed by atoms with Crippen LogP contribution in [0.3, 0.4) is 0 Å². The second-order valence-electron chi connectivity index (χ2n) is 6.04. The van der Waals surface area contributed by atoms with Gasteiger partial charge in [0, 0.05) is 11.1 Å². The third kappa shape index (κ3) is 4.08. The Hall–Kier alpha value is -3.92. The summed E-state index contributed by atoms with van der Waals surface area (Å²) in [7, 11) is 0. The van der Waals surface area contributed by atoms with Crippen LogP contribution in [-0.2, 0) is 4.74 Å². The summed E-state index contributed by atoms with van der Waals surface area (Å²) < 4.78 is 6.60. The fraction of sp³-hybridized carbons (Fsp3) is 0.100. The van der Waals surface area contributed by atoms with Gasteiger partial charge in [0.15, 0.2) is 5.13 Å². The molecule has 0 aliphatic rings. The Morgan fingerprint density at radius 1 is 1.13 bits per heavy atom.